The van der Waals surface area contributed by atoms with Crippen molar-refractivity contribution in [1.29, 1.82) is 0 Å². The fourth-order valence-corrected chi connectivity index (χ4v) is 1.56. The van der Waals surface area contributed by atoms with Gasteiger partial charge in [0.25, 0.3) is 0 Å². The maximum atomic E-state index is 9.18. The zero-order valence-corrected chi connectivity index (χ0v) is 12.3. The van der Waals surface area contributed by atoms with Crippen LogP contribution in [0.4, 0.5) is 0 Å². The van der Waals surface area contributed by atoms with Crippen molar-refractivity contribution in [2.75, 3.05) is 0 Å². The van der Waals surface area contributed by atoms with Crippen LogP contribution in [0, 0.1) is 7.43 Å². The summed E-state index contributed by atoms with van der Waals surface area (Å²) in [6.07, 6.45) is 0. The van der Waals surface area contributed by atoms with Gasteiger partial charge >= 0.3 is 0 Å². The Labute approximate surface area is 130 Å². The van der Waals surface area contributed by atoms with Crippen LogP contribution in [0.25, 0.3) is 11.1 Å². The maximum Gasteiger partial charge on any atom is 0.0687 e. The number of aliphatic hydroxyl groups excluding tert-OH is 1. The van der Waals surface area contributed by atoms with Crippen molar-refractivity contribution in [2.45, 2.75) is 14.0 Å². The molecule has 0 aromatic heterocycles. The standard InChI is InChI=1S/C13H12O.CH4.CH3.Y/c14-10-12-8-4-5-9-13(12)11-6-2-1-3-7-11;;;/h1-9,14H,10H2;1H4;1H3;/q;;-1;. The number of benzene rings is 2. The van der Waals surface area contributed by atoms with E-state index in [0.29, 0.717) is 0 Å². The average molecular weight is 304 g/mol. The molecule has 0 aliphatic rings. The normalized spacial score (nSPS) is 8.29. The van der Waals surface area contributed by atoms with Crippen LogP contribution in [0.1, 0.15) is 13.0 Å². The SMILES string of the molecule is C.OCc1ccccc1-c1ccccc1.[CH3-].[Y]. The van der Waals surface area contributed by atoms with Crippen molar-refractivity contribution >= 4 is 0 Å². The molecule has 0 aliphatic carbocycles. The van der Waals surface area contributed by atoms with E-state index < -0.39 is 0 Å². The summed E-state index contributed by atoms with van der Waals surface area (Å²) in [6, 6.07) is 18.0. The van der Waals surface area contributed by atoms with E-state index in [2.05, 4.69) is 12.1 Å². The van der Waals surface area contributed by atoms with Crippen LogP contribution in [-0.4, -0.2) is 5.11 Å². The Hall–Kier alpha value is -0.496. The van der Waals surface area contributed by atoms with Crippen LogP contribution in [0.15, 0.2) is 54.6 Å². The molecule has 0 aliphatic heterocycles. The molecule has 0 bridgehead atoms. The zero-order chi connectivity index (χ0) is 9.80. The molecule has 0 amide bonds. The van der Waals surface area contributed by atoms with Gasteiger partial charge in [-0.25, -0.2) is 0 Å². The van der Waals surface area contributed by atoms with E-state index in [1.165, 1.54) is 0 Å². The second-order valence-corrected chi connectivity index (χ2v) is 3.18. The van der Waals surface area contributed by atoms with E-state index in [0.717, 1.165) is 16.7 Å². The number of aliphatic hydroxyl groups is 1. The van der Waals surface area contributed by atoms with Gasteiger partial charge in [-0.2, -0.15) is 0 Å². The quantitative estimate of drug-likeness (QED) is 0.834. The first kappa shape index (κ1) is 18.9. The van der Waals surface area contributed by atoms with E-state index in [1.807, 2.05) is 42.5 Å². The minimum atomic E-state index is 0. The van der Waals surface area contributed by atoms with Gasteiger partial charge in [-0.1, -0.05) is 62.0 Å². The molecule has 1 radical (unpaired) electrons. The summed E-state index contributed by atoms with van der Waals surface area (Å²) >= 11 is 0. The fraction of sp³-hybridized carbons (Fsp3) is 0.133. The van der Waals surface area contributed by atoms with Crippen molar-refractivity contribution in [1.82, 2.24) is 0 Å². The van der Waals surface area contributed by atoms with Crippen molar-refractivity contribution in [2.24, 2.45) is 0 Å². The molecule has 0 spiro atoms. The largest absolute Gasteiger partial charge is 0.392 e. The second kappa shape index (κ2) is 9.53. The van der Waals surface area contributed by atoms with Crippen LogP contribution < -0.4 is 0 Å². The van der Waals surface area contributed by atoms with E-state index >= 15 is 0 Å². The molecular weight excluding hydrogens is 285 g/mol. The molecule has 89 valence electrons. The Morgan fingerprint density at radius 2 is 1.35 bits per heavy atom. The Balaban J connectivity index is 0. The Morgan fingerprint density at radius 1 is 0.824 bits per heavy atom. The smallest absolute Gasteiger partial charge is 0.0687 e. The van der Waals surface area contributed by atoms with Gasteiger partial charge in [0, 0.05) is 32.7 Å². The first-order valence-corrected chi connectivity index (χ1v) is 4.66. The maximum absolute atomic E-state index is 9.18. The summed E-state index contributed by atoms with van der Waals surface area (Å²) in [7, 11) is 0. The molecule has 0 heterocycles. The minimum absolute atomic E-state index is 0. The zero-order valence-electron chi connectivity index (χ0n) is 9.43. The Kier molecular flexibility index (Phi) is 10.6. The Morgan fingerprint density at radius 3 is 1.94 bits per heavy atom. The number of hydrogen-bond donors (Lipinski definition) is 1. The third-order valence-electron chi connectivity index (χ3n) is 2.27. The summed E-state index contributed by atoms with van der Waals surface area (Å²) in [4.78, 5) is 0. The number of hydrogen-bond acceptors (Lipinski definition) is 1. The minimum Gasteiger partial charge on any atom is -0.392 e. The van der Waals surface area contributed by atoms with Crippen molar-refractivity contribution in [3.05, 3.63) is 67.6 Å². The molecule has 2 heteroatoms. The second-order valence-electron chi connectivity index (χ2n) is 3.18. The summed E-state index contributed by atoms with van der Waals surface area (Å²) in [5.41, 5.74) is 3.23. The van der Waals surface area contributed by atoms with Crippen molar-refractivity contribution in [3.63, 3.8) is 0 Å². The van der Waals surface area contributed by atoms with Gasteiger partial charge < -0.3 is 12.5 Å². The molecular formula is C15H19OY-. The van der Waals surface area contributed by atoms with Gasteiger partial charge in [0.1, 0.15) is 0 Å². The van der Waals surface area contributed by atoms with E-state index in [-0.39, 0.29) is 54.2 Å². The fourth-order valence-electron chi connectivity index (χ4n) is 1.56. The predicted molar refractivity (Wildman–Crippen MR) is 70.9 cm³/mol. The molecule has 17 heavy (non-hydrogen) atoms. The molecule has 0 unspecified atom stereocenters. The van der Waals surface area contributed by atoms with Crippen molar-refractivity contribution in [3.8, 4) is 11.1 Å². The third kappa shape index (κ3) is 4.71. The summed E-state index contributed by atoms with van der Waals surface area (Å²) in [6.45, 7) is 0.0884. The third-order valence-corrected chi connectivity index (χ3v) is 2.27. The molecule has 0 saturated carbocycles. The first-order valence-electron chi connectivity index (χ1n) is 4.66. The van der Waals surface area contributed by atoms with Gasteiger partial charge in [0.05, 0.1) is 6.61 Å². The van der Waals surface area contributed by atoms with Crippen molar-refractivity contribution < 1.29 is 37.8 Å². The average Bonchev–Trinajstić information content (AvgIpc) is 2.30. The summed E-state index contributed by atoms with van der Waals surface area (Å²) < 4.78 is 0. The predicted octanol–water partition coefficient (Wildman–Crippen LogP) is 3.93. The molecule has 0 fully saturated rings. The van der Waals surface area contributed by atoms with E-state index in [1.54, 1.807) is 0 Å². The molecule has 2 rings (SSSR count). The Bertz CT molecular complexity index is 412. The first-order chi connectivity index (χ1) is 6.92. The van der Waals surface area contributed by atoms with Crippen LogP contribution in [0.5, 0.6) is 0 Å². The number of rotatable bonds is 2. The van der Waals surface area contributed by atoms with Crippen LogP contribution >= 0.6 is 0 Å². The van der Waals surface area contributed by atoms with Crippen LogP contribution in [0.2, 0.25) is 0 Å². The van der Waals surface area contributed by atoms with Crippen LogP contribution in [0.3, 0.4) is 0 Å². The van der Waals surface area contributed by atoms with Gasteiger partial charge in [-0.05, 0) is 16.7 Å². The molecule has 2 aromatic carbocycles. The van der Waals surface area contributed by atoms with Gasteiger partial charge in [0.15, 0.2) is 0 Å². The van der Waals surface area contributed by atoms with E-state index in [9.17, 15) is 5.11 Å². The summed E-state index contributed by atoms with van der Waals surface area (Å²) in [5, 5.41) is 9.18. The van der Waals surface area contributed by atoms with E-state index in [4.69, 9.17) is 0 Å². The van der Waals surface area contributed by atoms with Gasteiger partial charge in [0.2, 0.25) is 0 Å². The monoisotopic (exact) mass is 304 g/mol. The molecule has 0 atom stereocenters. The molecule has 1 nitrogen and oxygen atoms in total. The molecule has 2 aromatic rings. The van der Waals surface area contributed by atoms with Crippen LogP contribution in [-0.2, 0) is 39.3 Å². The topological polar surface area (TPSA) is 20.2 Å². The summed E-state index contributed by atoms with van der Waals surface area (Å²) in [5.74, 6) is 0. The van der Waals surface area contributed by atoms with Gasteiger partial charge in [-0.15, -0.1) is 0 Å². The molecule has 0 saturated heterocycles. The van der Waals surface area contributed by atoms with Gasteiger partial charge in [-0.3, -0.25) is 0 Å². The molecule has 1 N–H and O–H groups in total.